The van der Waals surface area contributed by atoms with Gasteiger partial charge in [0.25, 0.3) is 0 Å². The van der Waals surface area contributed by atoms with E-state index in [9.17, 15) is 32.9 Å². The van der Waals surface area contributed by atoms with E-state index in [1.165, 1.54) is 15.6 Å². The fraction of sp³-hybridized carbons (Fsp3) is 0.714. The zero-order valence-electron chi connectivity index (χ0n) is 14.6. The Morgan fingerprint density at radius 1 is 1.30 bits per heavy atom. The zero-order chi connectivity index (χ0) is 20.3. The van der Waals surface area contributed by atoms with Crippen LogP contribution < -0.4 is 4.18 Å². The number of carbonyl (C=O) groups is 1. The van der Waals surface area contributed by atoms with Crippen molar-refractivity contribution in [2.45, 2.75) is 49.9 Å². The maximum Gasteiger partial charge on any atom is 0.414 e. The molecule has 1 amide bonds. The van der Waals surface area contributed by atoms with E-state index >= 15 is 0 Å². The Balaban J connectivity index is 1.76. The molecule has 1 unspecified atom stereocenters. The van der Waals surface area contributed by atoms with Crippen LogP contribution in [0.5, 0.6) is 5.88 Å². The highest BCUT2D eigenvalue weighted by Crippen LogP contribution is 2.55. The van der Waals surface area contributed by atoms with Gasteiger partial charge in [-0.2, -0.15) is 8.78 Å². The van der Waals surface area contributed by atoms with Crippen molar-refractivity contribution in [3.05, 3.63) is 11.8 Å². The summed E-state index contributed by atoms with van der Waals surface area (Å²) in [6.45, 7) is 2.17. The monoisotopic (exact) mass is 413 g/mol. The lowest BCUT2D eigenvalue weighted by Gasteiger charge is -2.30. The molecule has 27 heavy (non-hydrogen) atoms. The van der Waals surface area contributed by atoms with Crippen molar-refractivity contribution in [1.29, 1.82) is 0 Å². The number of nitrogens with zero attached hydrogens (tertiary/aromatic N) is 3. The van der Waals surface area contributed by atoms with E-state index in [1.54, 1.807) is 0 Å². The molecule has 10 nitrogen and oxygen atoms in total. The number of carbonyl (C=O) groups excluding carboxylic acids is 1. The maximum absolute atomic E-state index is 13.2. The summed E-state index contributed by atoms with van der Waals surface area (Å²) in [5.74, 6) is -2.93. The first kappa shape index (κ1) is 20.1. The number of aliphatic hydroxyl groups is 2. The highest BCUT2D eigenvalue weighted by atomic mass is 32.3. The lowest BCUT2D eigenvalue weighted by molar-refractivity contribution is -0.296. The van der Waals surface area contributed by atoms with Crippen LogP contribution in [0.2, 0.25) is 0 Å². The van der Waals surface area contributed by atoms with Gasteiger partial charge in [0.05, 0.1) is 5.69 Å². The number of aromatic nitrogens is 2. The number of fused-ring (bicyclic) bond motifs is 2. The molecule has 1 fully saturated rings. The summed E-state index contributed by atoms with van der Waals surface area (Å²) in [7, 11) is -4.67. The standard InChI is InChI=1S/C14H21F2N3O7S/c1-12(15,16)27(23,24)26-10-7-9-14(4-6-19(9)17-10)3-5-18(8-14)11(20)25-13(2,21)22/h7,21-24H,3-6,8H2,1-2H3. The van der Waals surface area contributed by atoms with Crippen LogP contribution in [0.1, 0.15) is 32.4 Å². The Morgan fingerprint density at radius 3 is 2.52 bits per heavy atom. The van der Waals surface area contributed by atoms with Gasteiger partial charge in [0.2, 0.25) is 16.8 Å². The smallest absolute Gasteiger partial charge is 0.392 e. The molecular formula is C14H21F2N3O7S. The molecule has 3 heterocycles. The molecule has 2 aliphatic rings. The molecule has 4 N–H and O–H groups in total. The van der Waals surface area contributed by atoms with E-state index < -0.39 is 33.6 Å². The number of ether oxygens (including phenoxy) is 1. The second-order valence-electron chi connectivity index (χ2n) is 6.98. The fourth-order valence-electron chi connectivity index (χ4n) is 3.34. The van der Waals surface area contributed by atoms with Crippen LogP contribution in [0, 0.1) is 0 Å². The minimum atomic E-state index is -4.67. The highest BCUT2D eigenvalue weighted by molar-refractivity contribution is 8.21. The maximum atomic E-state index is 13.2. The van der Waals surface area contributed by atoms with E-state index in [0.717, 1.165) is 6.92 Å². The fourth-order valence-corrected chi connectivity index (χ4v) is 3.81. The molecule has 3 rings (SSSR count). The van der Waals surface area contributed by atoms with Crippen LogP contribution in [0.3, 0.4) is 0 Å². The van der Waals surface area contributed by atoms with E-state index in [2.05, 4.69) is 14.0 Å². The lowest BCUT2D eigenvalue weighted by Crippen LogP contribution is -2.39. The zero-order valence-corrected chi connectivity index (χ0v) is 15.4. The number of halogens is 2. The summed E-state index contributed by atoms with van der Waals surface area (Å²) < 4.78 is 56.1. The molecule has 154 valence electrons. The van der Waals surface area contributed by atoms with Crippen LogP contribution in [0.25, 0.3) is 0 Å². The molecule has 1 atom stereocenters. The van der Waals surface area contributed by atoms with Gasteiger partial charge in [-0.25, -0.2) is 4.79 Å². The van der Waals surface area contributed by atoms with E-state index in [0.29, 0.717) is 38.5 Å². The summed E-state index contributed by atoms with van der Waals surface area (Å²) in [6, 6.07) is 1.35. The van der Waals surface area contributed by atoms with Gasteiger partial charge in [-0.1, -0.05) is 0 Å². The first-order valence-corrected chi connectivity index (χ1v) is 9.56. The second kappa shape index (κ2) is 6.17. The van der Waals surface area contributed by atoms with Gasteiger partial charge in [-0.3, -0.25) is 13.8 Å². The van der Waals surface area contributed by atoms with Crippen LogP contribution in [-0.4, -0.2) is 64.4 Å². The summed E-state index contributed by atoms with van der Waals surface area (Å²) in [5.41, 5.74) is 0.0743. The highest BCUT2D eigenvalue weighted by Gasteiger charge is 2.50. The third kappa shape index (κ3) is 3.82. The normalized spacial score (nSPS) is 23.6. The molecule has 1 aromatic heterocycles. The molecule has 1 spiro atoms. The van der Waals surface area contributed by atoms with E-state index in [1.807, 2.05) is 0 Å². The van der Waals surface area contributed by atoms with Crippen LogP contribution in [-0.2, 0) is 16.7 Å². The molecule has 13 heteroatoms. The molecule has 2 aliphatic heterocycles. The summed E-state index contributed by atoms with van der Waals surface area (Å²) in [5, 5.41) is 18.5. The van der Waals surface area contributed by atoms with Gasteiger partial charge in [-0.05, 0) is 12.8 Å². The minimum absolute atomic E-state index is 0.202. The number of alkyl halides is 2. The predicted molar refractivity (Wildman–Crippen MR) is 88.1 cm³/mol. The van der Waals surface area contributed by atoms with Crippen molar-refractivity contribution in [1.82, 2.24) is 14.7 Å². The average molecular weight is 413 g/mol. The Bertz CT molecular complexity index is 746. The topological polar surface area (TPSA) is 138 Å². The lowest BCUT2D eigenvalue weighted by atomic mass is 9.83. The Morgan fingerprint density at radius 2 is 1.93 bits per heavy atom. The van der Waals surface area contributed by atoms with Crippen molar-refractivity contribution < 1.29 is 41.8 Å². The predicted octanol–water partition coefficient (Wildman–Crippen LogP) is 1.68. The van der Waals surface area contributed by atoms with Crippen LogP contribution in [0.15, 0.2) is 6.07 Å². The third-order valence-electron chi connectivity index (χ3n) is 4.66. The second-order valence-corrected chi connectivity index (χ2v) is 8.86. The molecule has 0 saturated carbocycles. The van der Waals surface area contributed by atoms with Crippen molar-refractivity contribution in [3.63, 3.8) is 0 Å². The number of rotatable bonds is 4. The third-order valence-corrected chi connectivity index (χ3v) is 6.00. The quantitative estimate of drug-likeness (QED) is 0.547. The number of hydrogen-bond donors (Lipinski definition) is 4. The average Bonchev–Trinajstić information content (AvgIpc) is 3.13. The van der Waals surface area contributed by atoms with Gasteiger partial charge in [0, 0.05) is 45.0 Å². The van der Waals surface area contributed by atoms with Crippen molar-refractivity contribution in [2.24, 2.45) is 0 Å². The Kier molecular flexibility index (Phi) is 4.59. The first-order valence-electron chi connectivity index (χ1n) is 8.09. The SMILES string of the molecule is CC(O)(O)OC(=O)N1CCC2(CCn3nc(OS(O)(O)C(C)(F)F)cc32)C1. The molecular weight excluding hydrogens is 392 g/mol. The number of hydrogen-bond acceptors (Lipinski definition) is 8. The summed E-state index contributed by atoms with van der Waals surface area (Å²) in [4.78, 5) is 13.3. The molecule has 1 saturated heterocycles. The number of likely N-dealkylation sites (tertiary alicyclic amines) is 1. The summed E-state index contributed by atoms with van der Waals surface area (Å²) in [6.07, 6.45) is 0.240. The Labute approximate surface area is 154 Å². The first-order chi connectivity index (χ1) is 12.2. The molecule has 0 radical (unpaired) electrons. The van der Waals surface area contributed by atoms with Gasteiger partial charge < -0.3 is 24.0 Å². The summed E-state index contributed by atoms with van der Waals surface area (Å²) >= 11 is 0. The van der Waals surface area contributed by atoms with E-state index in [4.69, 9.17) is 0 Å². The van der Waals surface area contributed by atoms with Gasteiger partial charge in [0.1, 0.15) is 0 Å². The van der Waals surface area contributed by atoms with Crippen molar-refractivity contribution >= 4 is 17.0 Å². The van der Waals surface area contributed by atoms with E-state index in [-0.39, 0.29) is 12.4 Å². The van der Waals surface area contributed by atoms with Crippen LogP contribution in [0.4, 0.5) is 13.6 Å². The largest absolute Gasteiger partial charge is 0.414 e. The molecule has 1 aromatic rings. The number of amides is 1. The number of aryl methyl sites for hydroxylation is 1. The molecule has 0 aliphatic carbocycles. The van der Waals surface area contributed by atoms with Crippen molar-refractivity contribution in [3.8, 4) is 5.88 Å². The van der Waals surface area contributed by atoms with Crippen molar-refractivity contribution in [2.75, 3.05) is 13.1 Å². The van der Waals surface area contributed by atoms with Gasteiger partial charge >= 0.3 is 17.3 Å². The van der Waals surface area contributed by atoms with Crippen LogP contribution >= 0.6 is 10.9 Å². The van der Waals surface area contributed by atoms with Gasteiger partial charge in [-0.15, -0.1) is 5.10 Å². The van der Waals surface area contributed by atoms with Gasteiger partial charge in [0.15, 0.2) is 0 Å². The molecule has 0 bridgehead atoms. The Hall–Kier alpha value is -1.67. The minimum Gasteiger partial charge on any atom is -0.392 e. The molecule has 0 aromatic carbocycles.